The van der Waals surface area contributed by atoms with Crippen LogP contribution in [0.5, 0.6) is 0 Å². The highest BCUT2D eigenvalue weighted by Crippen LogP contribution is 2.22. The molecular formula is C22H25N3. The molecule has 0 spiro atoms. The summed E-state index contributed by atoms with van der Waals surface area (Å²) in [7, 11) is 1.87. The van der Waals surface area contributed by atoms with Crippen molar-refractivity contribution in [2.45, 2.75) is 13.3 Å². The molecule has 0 saturated carbocycles. The molecule has 3 heteroatoms. The molecule has 3 rings (SSSR count). The minimum absolute atomic E-state index is 0.899. The number of H-pyrrole nitrogens is 1. The van der Waals surface area contributed by atoms with Crippen molar-refractivity contribution in [3.05, 3.63) is 83.7 Å². The lowest BCUT2D eigenvalue weighted by Crippen LogP contribution is -2.05. The lowest BCUT2D eigenvalue weighted by molar-refractivity contribution is 1.01. The molecule has 0 saturated heterocycles. The van der Waals surface area contributed by atoms with Crippen LogP contribution in [-0.2, 0) is 6.42 Å². The molecule has 3 aromatic rings. The summed E-state index contributed by atoms with van der Waals surface area (Å²) in [6.07, 6.45) is 5.03. The molecule has 2 aromatic carbocycles. The van der Waals surface area contributed by atoms with Crippen LogP contribution in [0.1, 0.15) is 16.8 Å². The first-order valence-corrected chi connectivity index (χ1v) is 8.62. The second-order valence-corrected chi connectivity index (χ2v) is 6.18. The monoisotopic (exact) mass is 331 g/mol. The molecule has 0 amide bonds. The molecular weight excluding hydrogens is 306 g/mol. The summed E-state index contributed by atoms with van der Waals surface area (Å²) in [6, 6.07) is 16.9. The summed E-state index contributed by atoms with van der Waals surface area (Å²) >= 11 is 0. The molecule has 3 nitrogen and oxygen atoms in total. The van der Waals surface area contributed by atoms with Crippen LogP contribution >= 0.6 is 0 Å². The summed E-state index contributed by atoms with van der Waals surface area (Å²) in [5, 5.41) is 7.84. The molecule has 0 radical (unpaired) electrons. The number of nitrogens with one attached hydrogen (secondary N) is 3. The van der Waals surface area contributed by atoms with E-state index >= 15 is 0 Å². The Morgan fingerprint density at radius 2 is 1.88 bits per heavy atom. The van der Waals surface area contributed by atoms with E-state index < -0.39 is 0 Å². The van der Waals surface area contributed by atoms with E-state index in [1.807, 2.05) is 13.1 Å². The molecule has 128 valence electrons. The van der Waals surface area contributed by atoms with Crippen LogP contribution in [0.15, 0.2) is 66.9 Å². The van der Waals surface area contributed by atoms with E-state index in [-0.39, 0.29) is 0 Å². The highest BCUT2D eigenvalue weighted by Gasteiger charge is 2.07. The molecule has 0 aliphatic carbocycles. The van der Waals surface area contributed by atoms with Crippen molar-refractivity contribution in [1.29, 1.82) is 0 Å². The first-order chi connectivity index (χ1) is 12.2. The Balaban J connectivity index is 1.59. The van der Waals surface area contributed by atoms with E-state index in [2.05, 4.69) is 83.7 Å². The fourth-order valence-corrected chi connectivity index (χ4v) is 2.98. The Hall–Kier alpha value is -2.94. The van der Waals surface area contributed by atoms with Crippen LogP contribution in [0.25, 0.3) is 17.0 Å². The van der Waals surface area contributed by atoms with Crippen LogP contribution in [0, 0.1) is 6.92 Å². The molecule has 0 aliphatic heterocycles. The van der Waals surface area contributed by atoms with Gasteiger partial charge < -0.3 is 15.6 Å². The van der Waals surface area contributed by atoms with Crippen LogP contribution in [0.3, 0.4) is 0 Å². The standard InChI is InChI=1S/C22H25N3/c1-16(23-3)8-9-18-10-12-19(13-11-18)24-15-14-20-17(2)25-22-7-5-4-6-21(20)22/h4-13,23-25H,1,14-15H2,2-3H3/b9-8+. The summed E-state index contributed by atoms with van der Waals surface area (Å²) < 4.78 is 0. The average molecular weight is 331 g/mol. The van der Waals surface area contributed by atoms with E-state index in [1.54, 1.807) is 0 Å². The molecule has 3 N–H and O–H groups in total. The highest BCUT2D eigenvalue weighted by atomic mass is 14.9. The van der Waals surface area contributed by atoms with Crippen molar-refractivity contribution in [1.82, 2.24) is 10.3 Å². The van der Waals surface area contributed by atoms with Gasteiger partial charge in [-0.05, 0) is 48.7 Å². The predicted molar refractivity (Wildman–Crippen MR) is 109 cm³/mol. The number of aromatic nitrogens is 1. The van der Waals surface area contributed by atoms with Crippen molar-refractivity contribution < 1.29 is 0 Å². The van der Waals surface area contributed by atoms with Gasteiger partial charge >= 0.3 is 0 Å². The van der Waals surface area contributed by atoms with E-state index in [4.69, 9.17) is 0 Å². The normalized spacial score (nSPS) is 11.1. The average Bonchev–Trinajstić information content (AvgIpc) is 2.96. The van der Waals surface area contributed by atoms with Crippen molar-refractivity contribution in [2.75, 3.05) is 18.9 Å². The van der Waals surface area contributed by atoms with Gasteiger partial charge in [-0.1, -0.05) is 43.0 Å². The van der Waals surface area contributed by atoms with Gasteiger partial charge in [0.1, 0.15) is 0 Å². The quantitative estimate of drug-likeness (QED) is 0.540. The maximum Gasteiger partial charge on any atom is 0.0458 e. The Labute approximate surface area is 149 Å². The molecule has 25 heavy (non-hydrogen) atoms. The van der Waals surface area contributed by atoms with Crippen molar-refractivity contribution in [3.63, 3.8) is 0 Å². The lowest BCUT2D eigenvalue weighted by atomic mass is 10.1. The van der Waals surface area contributed by atoms with E-state index in [9.17, 15) is 0 Å². The smallest absolute Gasteiger partial charge is 0.0458 e. The zero-order chi connectivity index (χ0) is 17.6. The number of likely N-dealkylation sites (N-methyl/N-ethyl adjacent to an activating group) is 1. The van der Waals surface area contributed by atoms with Gasteiger partial charge in [0.25, 0.3) is 0 Å². The van der Waals surface area contributed by atoms with Crippen molar-refractivity contribution >= 4 is 22.7 Å². The maximum absolute atomic E-state index is 3.89. The Morgan fingerprint density at radius 1 is 1.12 bits per heavy atom. The third-order valence-corrected chi connectivity index (χ3v) is 4.44. The van der Waals surface area contributed by atoms with Gasteiger partial charge in [0, 0.05) is 41.6 Å². The van der Waals surface area contributed by atoms with Gasteiger partial charge in [0.05, 0.1) is 0 Å². The number of para-hydroxylation sites is 1. The molecule has 0 unspecified atom stereocenters. The fraction of sp³-hybridized carbons (Fsp3) is 0.182. The number of rotatable bonds is 7. The van der Waals surface area contributed by atoms with Gasteiger partial charge in [0.2, 0.25) is 0 Å². The second-order valence-electron chi connectivity index (χ2n) is 6.18. The van der Waals surface area contributed by atoms with Crippen LogP contribution < -0.4 is 10.6 Å². The minimum atomic E-state index is 0.899. The Bertz CT molecular complexity index is 885. The molecule has 0 aliphatic rings. The molecule has 1 aromatic heterocycles. The first-order valence-electron chi connectivity index (χ1n) is 8.62. The minimum Gasteiger partial charge on any atom is -0.389 e. The maximum atomic E-state index is 3.89. The van der Waals surface area contributed by atoms with Gasteiger partial charge in [-0.3, -0.25) is 0 Å². The van der Waals surface area contributed by atoms with Gasteiger partial charge in [-0.2, -0.15) is 0 Å². The number of fused-ring (bicyclic) bond motifs is 1. The van der Waals surface area contributed by atoms with Gasteiger partial charge in [-0.15, -0.1) is 0 Å². The number of aromatic amines is 1. The number of benzene rings is 2. The lowest BCUT2D eigenvalue weighted by Gasteiger charge is -2.07. The number of hydrogen-bond acceptors (Lipinski definition) is 2. The zero-order valence-electron chi connectivity index (χ0n) is 14.9. The molecule has 1 heterocycles. The van der Waals surface area contributed by atoms with E-state index in [1.165, 1.54) is 22.2 Å². The van der Waals surface area contributed by atoms with Crippen LogP contribution in [0.2, 0.25) is 0 Å². The molecule has 0 atom stereocenters. The van der Waals surface area contributed by atoms with Crippen molar-refractivity contribution in [3.8, 4) is 0 Å². The number of anilines is 1. The number of hydrogen-bond donors (Lipinski definition) is 3. The predicted octanol–water partition coefficient (Wildman–Crippen LogP) is 4.88. The topological polar surface area (TPSA) is 39.9 Å². The Morgan fingerprint density at radius 3 is 2.64 bits per heavy atom. The Kier molecular flexibility index (Phi) is 5.24. The van der Waals surface area contributed by atoms with Gasteiger partial charge in [-0.25, -0.2) is 0 Å². The van der Waals surface area contributed by atoms with Gasteiger partial charge in [0.15, 0.2) is 0 Å². The summed E-state index contributed by atoms with van der Waals surface area (Å²) in [6.45, 7) is 6.95. The largest absolute Gasteiger partial charge is 0.389 e. The second kappa shape index (κ2) is 7.75. The third kappa shape index (κ3) is 4.13. The van der Waals surface area contributed by atoms with E-state index in [0.29, 0.717) is 0 Å². The number of aryl methyl sites for hydroxylation is 1. The number of allylic oxidation sites excluding steroid dienone is 1. The SMILES string of the molecule is C=C(/C=C/c1ccc(NCCc2c(C)[nH]c3ccccc23)cc1)NC. The van der Waals surface area contributed by atoms with E-state index in [0.717, 1.165) is 29.9 Å². The highest BCUT2D eigenvalue weighted by molar-refractivity contribution is 5.84. The fourth-order valence-electron chi connectivity index (χ4n) is 2.98. The third-order valence-electron chi connectivity index (χ3n) is 4.44. The van der Waals surface area contributed by atoms with Crippen molar-refractivity contribution in [2.24, 2.45) is 0 Å². The summed E-state index contributed by atoms with van der Waals surface area (Å²) in [4.78, 5) is 3.46. The molecule has 0 fully saturated rings. The van der Waals surface area contributed by atoms with Crippen LogP contribution in [-0.4, -0.2) is 18.6 Å². The first kappa shape index (κ1) is 16.9. The molecule has 0 bridgehead atoms. The zero-order valence-corrected chi connectivity index (χ0v) is 14.9. The summed E-state index contributed by atoms with van der Waals surface area (Å²) in [5.74, 6) is 0. The van der Waals surface area contributed by atoms with Crippen LogP contribution in [0.4, 0.5) is 5.69 Å². The summed E-state index contributed by atoms with van der Waals surface area (Å²) in [5.41, 5.74) is 7.07.